The van der Waals surface area contributed by atoms with Crippen LogP contribution in [0.2, 0.25) is 0 Å². The van der Waals surface area contributed by atoms with Crippen molar-refractivity contribution in [1.29, 1.82) is 0 Å². The molecule has 0 aromatic rings. The Hall–Kier alpha value is -0.690. The first-order valence-corrected chi connectivity index (χ1v) is 5.23. The van der Waals surface area contributed by atoms with Gasteiger partial charge in [0.25, 0.3) is 0 Å². The van der Waals surface area contributed by atoms with Crippen LogP contribution in [0.5, 0.6) is 0 Å². The summed E-state index contributed by atoms with van der Waals surface area (Å²) in [6.07, 6.45) is -1.93. The van der Waals surface area contributed by atoms with E-state index >= 15 is 0 Å². The summed E-state index contributed by atoms with van der Waals surface area (Å²) in [4.78, 5) is 12.2. The standard InChI is InChI=1S/C10H19NO5/c1-10(2,3)16-9(15)11-5-6(12)4-7(11)8(13)14/h6-7,9,12,15H,4-5H2,1-3H3,(H,13,14)/t6-,7+,9?/m1/s1. The number of hydrogen-bond donors (Lipinski definition) is 3. The molecule has 3 atom stereocenters. The minimum absolute atomic E-state index is 0.105. The lowest BCUT2D eigenvalue weighted by Gasteiger charge is -2.31. The Morgan fingerprint density at radius 3 is 2.50 bits per heavy atom. The molecular formula is C10H19NO5. The van der Waals surface area contributed by atoms with E-state index in [2.05, 4.69) is 0 Å². The van der Waals surface area contributed by atoms with E-state index in [1.54, 1.807) is 20.8 Å². The normalized spacial score (nSPS) is 29.3. The Morgan fingerprint density at radius 1 is 1.50 bits per heavy atom. The average Bonchev–Trinajstić information content (AvgIpc) is 2.44. The van der Waals surface area contributed by atoms with Gasteiger partial charge < -0.3 is 20.1 Å². The summed E-state index contributed by atoms with van der Waals surface area (Å²) >= 11 is 0. The monoisotopic (exact) mass is 233 g/mol. The van der Waals surface area contributed by atoms with Crippen LogP contribution in [0.4, 0.5) is 0 Å². The molecule has 0 aromatic carbocycles. The van der Waals surface area contributed by atoms with Crippen LogP contribution in [0, 0.1) is 0 Å². The summed E-state index contributed by atoms with van der Waals surface area (Å²) in [7, 11) is 0. The third-order valence-electron chi connectivity index (χ3n) is 2.34. The molecule has 0 radical (unpaired) electrons. The SMILES string of the molecule is CC(C)(C)OC(O)N1C[C@H](O)C[C@H]1C(=O)O. The number of carboxylic acid groups (broad SMARTS) is 1. The van der Waals surface area contributed by atoms with E-state index < -0.39 is 30.1 Å². The fourth-order valence-electron chi connectivity index (χ4n) is 1.71. The lowest BCUT2D eigenvalue weighted by molar-refractivity contribution is -0.244. The van der Waals surface area contributed by atoms with E-state index in [9.17, 15) is 15.0 Å². The van der Waals surface area contributed by atoms with Crippen molar-refractivity contribution in [2.45, 2.75) is 51.4 Å². The molecule has 6 nitrogen and oxygen atoms in total. The number of likely N-dealkylation sites (tertiary alicyclic amines) is 1. The zero-order valence-corrected chi connectivity index (χ0v) is 9.75. The largest absolute Gasteiger partial charge is 0.480 e. The molecule has 0 bridgehead atoms. The van der Waals surface area contributed by atoms with Crippen LogP contribution in [-0.4, -0.2) is 56.9 Å². The number of ether oxygens (including phenoxy) is 1. The highest BCUT2D eigenvalue weighted by molar-refractivity contribution is 5.74. The summed E-state index contributed by atoms with van der Waals surface area (Å²) in [5, 5.41) is 28.1. The molecule has 1 saturated heterocycles. The average molecular weight is 233 g/mol. The molecule has 0 aliphatic carbocycles. The van der Waals surface area contributed by atoms with Gasteiger partial charge in [-0.25, -0.2) is 4.90 Å². The highest BCUT2D eigenvalue weighted by atomic mass is 16.6. The zero-order valence-electron chi connectivity index (χ0n) is 9.75. The van der Waals surface area contributed by atoms with Gasteiger partial charge in [0.05, 0.1) is 11.7 Å². The number of carboxylic acids is 1. The van der Waals surface area contributed by atoms with Crippen LogP contribution in [0.1, 0.15) is 27.2 Å². The zero-order chi connectivity index (χ0) is 12.5. The first-order valence-electron chi connectivity index (χ1n) is 5.23. The van der Waals surface area contributed by atoms with Gasteiger partial charge in [-0.1, -0.05) is 0 Å². The van der Waals surface area contributed by atoms with Gasteiger partial charge in [0.1, 0.15) is 6.04 Å². The molecule has 3 N–H and O–H groups in total. The van der Waals surface area contributed by atoms with Crippen LogP contribution in [0.3, 0.4) is 0 Å². The molecule has 94 valence electrons. The molecule has 16 heavy (non-hydrogen) atoms. The summed E-state index contributed by atoms with van der Waals surface area (Å²) in [6, 6.07) is -0.896. The summed E-state index contributed by atoms with van der Waals surface area (Å²) < 4.78 is 5.26. The maximum atomic E-state index is 10.9. The van der Waals surface area contributed by atoms with Gasteiger partial charge in [-0.2, -0.15) is 0 Å². The molecule has 0 spiro atoms. The number of aliphatic hydroxyl groups excluding tert-OH is 2. The Bertz CT molecular complexity index is 262. The maximum absolute atomic E-state index is 10.9. The lowest BCUT2D eigenvalue weighted by Crippen LogP contribution is -2.47. The Morgan fingerprint density at radius 2 is 2.06 bits per heavy atom. The number of rotatable bonds is 3. The van der Waals surface area contributed by atoms with Gasteiger partial charge in [0, 0.05) is 13.0 Å². The van der Waals surface area contributed by atoms with Gasteiger partial charge in [-0.15, -0.1) is 0 Å². The molecule has 1 unspecified atom stereocenters. The first-order chi connectivity index (χ1) is 7.20. The second-order valence-corrected chi connectivity index (χ2v) is 5.00. The highest BCUT2D eigenvalue weighted by Gasteiger charge is 2.40. The minimum atomic E-state index is -1.31. The van der Waals surface area contributed by atoms with Crippen molar-refractivity contribution in [3.05, 3.63) is 0 Å². The van der Waals surface area contributed by atoms with Crippen molar-refractivity contribution in [2.24, 2.45) is 0 Å². The molecule has 6 heteroatoms. The Labute approximate surface area is 94.4 Å². The van der Waals surface area contributed by atoms with Crippen LogP contribution < -0.4 is 0 Å². The van der Waals surface area contributed by atoms with Crippen LogP contribution in [-0.2, 0) is 9.53 Å². The quantitative estimate of drug-likeness (QED) is 0.574. The fraction of sp³-hybridized carbons (Fsp3) is 0.900. The molecule has 1 aliphatic rings. The highest BCUT2D eigenvalue weighted by Crippen LogP contribution is 2.23. The predicted molar refractivity (Wildman–Crippen MR) is 55.6 cm³/mol. The van der Waals surface area contributed by atoms with E-state index in [1.807, 2.05) is 0 Å². The number of hydrogen-bond acceptors (Lipinski definition) is 5. The smallest absolute Gasteiger partial charge is 0.321 e. The molecule has 1 fully saturated rings. The van der Waals surface area contributed by atoms with E-state index in [4.69, 9.17) is 9.84 Å². The summed E-state index contributed by atoms with van der Waals surface area (Å²) in [6.45, 7) is 5.39. The number of carbonyl (C=O) groups is 1. The third kappa shape index (κ3) is 3.41. The second-order valence-electron chi connectivity index (χ2n) is 5.00. The topological polar surface area (TPSA) is 90.2 Å². The van der Waals surface area contributed by atoms with Crippen LogP contribution in [0.25, 0.3) is 0 Å². The predicted octanol–water partition coefficient (Wildman–Crippen LogP) is -0.403. The fourth-order valence-corrected chi connectivity index (χ4v) is 1.71. The molecule has 0 saturated carbocycles. The molecule has 0 amide bonds. The van der Waals surface area contributed by atoms with Gasteiger partial charge in [-0.3, -0.25) is 4.79 Å². The van der Waals surface area contributed by atoms with Gasteiger partial charge in [0.2, 0.25) is 6.41 Å². The number of β-amino-alcohol motifs (C(OH)–C–C–N with tert-alkyl or cyclic N) is 1. The van der Waals surface area contributed by atoms with Gasteiger partial charge in [-0.05, 0) is 20.8 Å². The van der Waals surface area contributed by atoms with E-state index in [-0.39, 0.29) is 13.0 Å². The summed E-state index contributed by atoms with van der Waals surface area (Å²) in [5.74, 6) is -1.06. The molecule has 1 heterocycles. The van der Waals surface area contributed by atoms with E-state index in [0.717, 1.165) is 0 Å². The van der Waals surface area contributed by atoms with E-state index in [1.165, 1.54) is 4.90 Å². The number of nitrogens with zero attached hydrogens (tertiary/aromatic N) is 1. The molecule has 1 rings (SSSR count). The maximum Gasteiger partial charge on any atom is 0.321 e. The van der Waals surface area contributed by atoms with Gasteiger partial charge in [0.15, 0.2) is 0 Å². The minimum Gasteiger partial charge on any atom is -0.480 e. The van der Waals surface area contributed by atoms with Crippen molar-refractivity contribution in [3.63, 3.8) is 0 Å². The van der Waals surface area contributed by atoms with Crippen molar-refractivity contribution in [2.75, 3.05) is 6.54 Å². The Balaban J connectivity index is 2.67. The molecule has 1 aliphatic heterocycles. The second kappa shape index (κ2) is 4.67. The van der Waals surface area contributed by atoms with Crippen LogP contribution >= 0.6 is 0 Å². The first kappa shape index (κ1) is 13.4. The summed E-state index contributed by atoms with van der Waals surface area (Å²) in [5.41, 5.74) is -0.573. The molecule has 0 aromatic heterocycles. The van der Waals surface area contributed by atoms with Crippen molar-refractivity contribution >= 4 is 5.97 Å². The van der Waals surface area contributed by atoms with Crippen LogP contribution in [0.15, 0.2) is 0 Å². The van der Waals surface area contributed by atoms with Crippen molar-refractivity contribution in [1.82, 2.24) is 4.90 Å². The van der Waals surface area contributed by atoms with Crippen molar-refractivity contribution in [3.8, 4) is 0 Å². The van der Waals surface area contributed by atoms with Crippen molar-refractivity contribution < 1.29 is 24.9 Å². The lowest BCUT2D eigenvalue weighted by atomic mass is 10.2. The molecular weight excluding hydrogens is 214 g/mol. The number of aliphatic carboxylic acids is 1. The third-order valence-corrected chi connectivity index (χ3v) is 2.34. The number of aliphatic hydroxyl groups is 2. The van der Waals surface area contributed by atoms with E-state index in [0.29, 0.717) is 0 Å². The Kier molecular flexibility index (Phi) is 3.90. The van der Waals surface area contributed by atoms with Gasteiger partial charge >= 0.3 is 5.97 Å².